The highest BCUT2D eigenvalue weighted by molar-refractivity contribution is 5.79. The Bertz CT molecular complexity index is 431. The number of hydrogen-bond donors (Lipinski definition) is 1. The molecule has 2 N–H and O–H groups in total. The summed E-state index contributed by atoms with van der Waals surface area (Å²) >= 11 is 0. The van der Waals surface area contributed by atoms with Crippen LogP contribution in [0.2, 0.25) is 0 Å². The second-order valence-corrected chi connectivity index (χ2v) is 4.69. The Morgan fingerprint density at radius 3 is 2.42 bits per heavy atom. The molecule has 0 radical (unpaired) electrons. The molecule has 5 nitrogen and oxygen atoms in total. The van der Waals surface area contributed by atoms with Gasteiger partial charge in [-0.1, -0.05) is 12.1 Å². The number of hydrogen-bond acceptors (Lipinski definition) is 5. The number of esters is 1. The second kappa shape index (κ2) is 6.43. The SMILES string of the molecule is COC(=O)C(C)(N)CC(C)Oc1ccccc1OC. The molecule has 0 fully saturated rings. The third kappa shape index (κ3) is 4.13. The second-order valence-electron chi connectivity index (χ2n) is 4.69. The Morgan fingerprint density at radius 1 is 1.32 bits per heavy atom. The quantitative estimate of drug-likeness (QED) is 0.795. The number of carbonyl (C=O) groups excluding carboxylic acids is 1. The average molecular weight is 267 g/mol. The molecule has 0 heterocycles. The summed E-state index contributed by atoms with van der Waals surface area (Å²) in [5.74, 6) is 0.812. The van der Waals surface area contributed by atoms with Gasteiger partial charge in [-0.2, -0.15) is 0 Å². The fraction of sp³-hybridized carbons (Fsp3) is 0.500. The largest absolute Gasteiger partial charge is 0.493 e. The van der Waals surface area contributed by atoms with Crippen LogP contribution in [0.4, 0.5) is 0 Å². The zero-order valence-electron chi connectivity index (χ0n) is 11.8. The van der Waals surface area contributed by atoms with Crippen LogP contribution in [0.25, 0.3) is 0 Å². The maximum absolute atomic E-state index is 11.5. The van der Waals surface area contributed by atoms with Gasteiger partial charge in [0.15, 0.2) is 11.5 Å². The molecule has 0 aromatic heterocycles. The first kappa shape index (κ1) is 15.3. The maximum Gasteiger partial charge on any atom is 0.325 e. The van der Waals surface area contributed by atoms with E-state index >= 15 is 0 Å². The highest BCUT2D eigenvalue weighted by Gasteiger charge is 2.32. The zero-order valence-corrected chi connectivity index (χ0v) is 11.8. The predicted octanol–water partition coefficient (Wildman–Crippen LogP) is 1.74. The summed E-state index contributed by atoms with van der Waals surface area (Å²) in [4.78, 5) is 11.5. The Morgan fingerprint density at radius 2 is 1.89 bits per heavy atom. The Balaban J connectivity index is 2.70. The third-order valence-corrected chi connectivity index (χ3v) is 2.76. The molecular weight excluding hydrogens is 246 g/mol. The van der Waals surface area contributed by atoms with Crippen molar-refractivity contribution < 1.29 is 19.0 Å². The van der Waals surface area contributed by atoms with E-state index in [1.165, 1.54) is 7.11 Å². The number of para-hydroxylation sites is 2. The number of ether oxygens (including phenoxy) is 3. The van der Waals surface area contributed by atoms with Crippen molar-refractivity contribution in [1.29, 1.82) is 0 Å². The smallest absolute Gasteiger partial charge is 0.325 e. The first-order valence-electron chi connectivity index (χ1n) is 6.07. The highest BCUT2D eigenvalue weighted by Crippen LogP contribution is 2.28. The van der Waals surface area contributed by atoms with Crippen molar-refractivity contribution in [2.24, 2.45) is 5.73 Å². The van der Waals surface area contributed by atoms with Gasteiger partial charge in [0, 0.05) is 6.42 Å². The van der Waals surface area contributed by atoms with Crippen LogP contribution in [0.15, 0.2) is 24.3 Å². The van der Waals surface area contributed by atoms with Crippen LogP contribution in [0, 0.1) is 0 Å². The topological polar surface area (TPSA) is 70.8 Å². The number of benzene rings is 1. The van der Waals surface area contributed by atoms with E-state index in [0.717, 1.165) is 0 Å². The molecule has 0 aliphatic rings. The molecule has 0 aliphatic heterocycles. The number of methoxy groups -OCH3 is 2. The number of carbonyl (C=O) groups is 1. The summed E-state index contributed by atoms with van der Waals surface area (Å²) in [7, 11) is 2.90. The number of nitrogens with two attached hydrogens (primary N) is 1. The molecule has 19 heavy (non-hydrogen) atoms. The van der Waals surface area contributed by atoms with Gasteiger partial charge in [-0.05, 0) is 26.0 Å². The summed E-state index contributed by atoms with van der Waals surface area (Å²) in [5, 5.41) is 0. The van der Waals surface area contributed by atoms with Crippen LogP contribution in [0.5, 0.6) is 11.5 Å². The lowest BCUT2D eigenvalue weighted by atomic mass is 9.96. The summed E-state index contributed by atoms with van der Waals surface area (Å²) in [6.45, 7) is 3.47. The minimum atomic E-state index is -1.07. The summed E-state index contributed by atoms with van der Waals surface area (Å²) in [5.41, 5.74) is 4.84. The molecular formula is C14H21NO4. The molecule has 0 saturated heterocycles. The Hall–Kier alpha value is -1.75. The fourth-order valence-electron chi connectivity index (χ4n) is 1.89. The van der Waals surface area contributed by atoms with Gasteiger partial charge in [-0.3, -0.25) is 4.79 Å². The fourth-order valence-corrected chi connectivity index (χ4v) is 1.89. The minimum Gasteiger partial charge on any atom is -0.493 e. The molecule has 2 unspecified atom stereocenters. The van der Waals surface area contributed by atoms with E-state index in [1.54, 1.807) is 20.1 Å². The van der Waals surface area contributed by atoms with Crippen LogP contribution in [-0.2, 0) is 9.53 Å². The summed E-state index contributed by atoms with van der Waals surface area (Å²) < 4.78 is 15.6. The van der Waals surface area contributed by atoms with E-state index in [4.69, 9.17) is 15.2 Å². The van der Waals surface area contributed by atoms with Gasteiger partial charge < -0.3 is 19.9 Å². The van der Waals surface area contributed by atoms with Crippen molar-refractivity contribution in [2.45, 2.75) is 31.9 Å². The van der Waals surface area contributed by atoms with E-state index in [2.05, 4.69) is 4.74 Å². The molecule has 0 bridgehead atoms. The van der Waals surface area contributed by atoms with Crippen LogP contribution in [0.3, 0.4) is 0 Å². The zero-order chi connectivity index (χ0) is 14.5. The standard InChI is InChI=1S/C14H21NO4/c1-10(9-14(2,15)13(16)18-4)19-12-8-6-5-7-11(12)17-3/h5-8,10H,9,15H2,1-4H3. The van der Waals surface area contributed by atoms with Crippen molar-refractivity contribution in [3.63, 3.8) is 0 Å². The lowest BCUT2D eigenvalue weighted by Gasteiger charge is -2.26. The molecule has 2 atom stereocenters. The normalized spacial score (nSPS) is 15.2. The van der Waals surface area contributed by atoms with Crippen molar-refractivity contribution in [2.75, 3.05) is 14.2 Å². The minimum absolute atomic E-state index is 0.245. The lowest BCUT2D eigenvalue weighted by molar-refractivity contribution is -0.147. The van der Waals surface area contributed by atoms with Gasteiger partial charge in [0.05, 0.1) is 20.3 Å². The van der Waals surface area contributed by atoms with E-state index in [9.17, 15) is 4.79 Å². The highest BCUT2D eigenvalue weighted by atomic mass is 16.5. The Kier molecular flexibility index (Phi) is 5.18. The van der Waals surface area contributed by atoms with E-state index < -0.39 is 11.5 Å². The van der Waals surface area contributed by atoms with Crippen LogP contribution < -0.4 is 15.2 Å². The van der Waals surface area contributed by atoms with Gasteiger partial charge in [-0.15, -0.1) is 0 Å². The van der Waals surface area contributed by atoms with Crippen LogP contribution in [-0.4, -0.2) is 31.8 Å². The monoisotopic (exact) mass is 267 g/mol. The predicted molar refractivity (Wildman–Crippen MR) is 72.3 cm³/mol. The Labute approximate surface area is 113 Å². The van der Waals surface area contributed by atoms with Gasteiger partial charge in [0.1, 0.15) is 5.54 Å². The van der Waals surface area contributed by atoms with Gasteiger partial charge >= 0.3 is 5.97 Å². The molecule has 0 spiro atoms. The van der Waals surface area contributed by atoms with Crippen molar-refractivity contribution >= 4 is 5.97 Å². The average Bonchev–Trinajstić information content (AvgIpc) is 2.37. The van der Waals surface area contributed by atoms with Gasteiger partial charge in [0.2, 0.25) is 0 Å². The lowest BCUT2D eigenvalue weighted by Crippen LogP contribution is -2.48. The van der Waals surface area contributed by atoms with Gasteiger partial charge in [-0.25, -0.2) is 0 Å². The third-order valence-electron chi connectivity index (χ3n) is 2.76. The first-order valence-corrected chi connectivity index (χ1v) is 6.07. The van der Waals surface area contributed by atoms with E-state index in [1.807, 2.05) is 25.1 Å². The molecule has 5 heteroatoms. The first-order chi connectivity index (χ1) is 8.90. The molecule has 106 valence electrons. The number of rotatable bonds is 6. The van der Waals surface area contributed by atoms with E-state index in [0.29, 0.717) is 17.9 Å². The van der Waals surface area contributed by atoms with Crippen LogP contribution >= 0.6 is 0 Å². The van der Waals surface area contributed by atoms with Crippen molar-refractivity contribution in [1.82, 2.24) is 0 Å². The molecule has 0 amide bonds. The van der Waals surface area contributed by atoms with Crippen molar-refractivity contribution in [3.8, 4) is 11.5 Å². The van der Waals surface area contributed by atoms with Gasteiger partial charge in [0.25, 0.3) is 0 Å². The van der Waals surface area contributed by atoms with Crippen molar-refractivity contribution in [3.05, 3.63) is 24.3 Å². The molecule has 1 aromatic rings. The van der Waals surface area contributed by atoms with E-state index in [-0.39, 0.29) is 6.10 Å². The summed E-state index contributed by atoms with van der Waals surface area (Å²) in [6, 6.07) is 7.33. The molecule has 1 aromatic carbocycles. The molecule has 1 rings (SSSR count). The maximum atomic E-state index is 11.5. The van der Waals surface area contributed by atoms with Crippen LogP contribution in [0.1, 0.15) is 20.3 Å². The molecule has 0 aliphatic carbocycles. The summed E-state index contributed by atoms with van der Waals surface area (Å²) in [6.07, 6.45) is 0.1000. The molecule has 0 saturated carbocycles.